The van der Waals surface area contributed by atoms with E-state index in [1.165, 1.54) is 6.92 Å². The summed E-state index contributed by atoms with van der Waals surface area (Å²) >= 11 is 0. The van der Waals surface area contributed by atoms with Gasteiger partial charge in [-0.25, -0.2) is 0 Å². The first-order valence-corrected chi connectivity index (χ1v) is 3.92. The van der Waals surface area contributed by atoms with Crippen LogP contribution in [0.2, 0.25) is 0 Å². The van der Waals surface area contributed by atoms with Gasteiger partial charge in [0.05, 0.1) is 0 Å². The van der Waals surface area contributed by atoms with E-state index in [0.717, 1.165) is 12.8 Å². The Labute approximate surface area is 71.8 Å². The summed E-state index contributed by atoms with van der Waals surface area (Å²) in [5.41, 5.74) is 0. The quantitative estimate of drug-likeness (QED) is 0.466. The SMILES string of the molecule is COC1(OC)CCC1OC(C)=O. The van der Waals surface area contributed by atoms with E-state index in [9.17, 15) is 4.79 Å². The molecule has 0 amide bonds. The number of methoxy groups -OCH3 is 2. The van der Waals surface area contributed by atoms with Crippen LogP contribution in [0, 0.1) is 0 Å². The average Bonchev–Trinajstić information content (AvgIpc) is 2.01. The number of esters is 1. The van der Waals surface area contributed by atoms with Crippen LogP contribution in [0.4, 0.5) is 0 Å². The molecule has 1 aliphatic carbocycles. The van der Waals surface area contributed by atoms with Crippen molar-refractivity contribution in [2.45, 2.75) is 31.7 Å². The molecule has 0 saturated heterocycles. The summed E-state index contributed by atoms with van der Waals surface area (Å²) in [6, 6.07) is 0. The Morgan fingerprint density at radius 2 is 2.00 bits per heavy atom. The highest BCUT2D eigenvalue weighted by atomic mass is 16.7. The van der Waals surface area contributed by atoms with Crippen molar-refractivity contribution in [1.82, 2.24) is 0 Å². The third kappa shape index (κ3) is 1.44. The van der Waals surface area contributed by atoms with Crippen LogP contribution in [0.3, 0.4) is 0 Å². The Kier molecular flexibility index (Phi) is 2.69. The van der Waals surface area contributed by atoms with Crippen molar-refractivity contribution >= 4 is 5.97 Å². The molecule has 12 heavy (non-hydrogen) atoms. The van der Waals surface area contributed by atoms with Crippen LogP contribution in [0.15, 0.2) is 0 Å². The van der Waals surface area contributed by atoms with E-state index in [2.05, 4.69) is 0 Å². The number of hydrogen-bond donors (Lipinski definition) is 0. The average molecular weight is 174 g/mol. The smallest absolute Gasteiger partial charge is 0.303 e. The molecule has 1 fully saturated rings. The first-order valence-electron chi connectivity index (χ1n) is 3.92. The monoisotopic (exact) mass is 174 g/mol. The molecule has 1 atom stereocenters. The maximum atomic E-state index is 10.6. The standard InChI is InChI=1S/C8H14O4/c1-6(9)12-7-4-5-8(7,10-2)11-3/h7H,4-5H2,1-3H3. The van der Waals surface area contributed by atoms with Crippen molar-refractivity contribution in [2.24, 2.45) is 0 Å². The molecule has 0 aliphatic heterocycles. The highest BCUT2D eigenvalue weighted by molar-refractivity contribution is 5.66. The molecule has 1 saturated carbocycles. The van der Waals surface area contributed by atoms with Gasteiger partial charge in [-0.3, -0.25) is 4.79 Å². The van der Waals surface area contributed by atoms with Gasteiger partial charge in [0.1, 0.15) is 0 Å². The molecule has 0 bridgehead atoms. The van der Waals surface area contributed by atoms with Crippen molar-refractivity contribution in [2.75, 3.05) is 14.2 Å². The van der Waals surface area contributed by atoms with Crippen LogP contribution in [0.25, 0.3) is 0 Å². The molecule has 0 radical (unpaired) electrons. The summed E-state index contributed by atoms with van der Waals surface area (Å²) in [4.78, 5) is 10.6. The molecule has 0 spiro atoms. The number of hydrogen-bond acceptors (Lipinski definition) is 4. The molecule has 4 heteroatoms. The van der Waals surface area contributed by atoms with Gasteiger partial charge in [-0.2, -0.15) is 0 Å². The van der Waals surface area contributed by atoms with E-state index < -0.39 is 5.79 Å². The lowest BCUT2D eigenvalue weighted by Crippen LogP contribution is -2.56. The zero-order chi connectivity index (χ0) is 9.19. The molecule has 0 heterocycles. The Balaban J connectivity index is 2.50. The largest absolute Gasteiger partial charge is 0.457 e. The van der Waals surface area contributed by atoms with E-state index in [1.807, 2.05) is 0 Å². The Morgan fingerprint density at radius 1 is 1.42 bits per heavy atom. The molecule has 70 valence electrons. The number of carbonyl (C=O) groups is 1. The van der Waals surface area contributed by atoms with Gasteiger partial charge in [0.25, 0.3) is 0 Å². The van der Waals surface area contributed by atoms with Gasteiger partial charge in [0.15, 0.2) is 6.10 Å². The Morgan fingerprint density at radius 3 is 2.25 bits per heavy atom. The van der Waals surface area contributed by atoms with Crippen LogP contribution in [0.5, 0.6) is 0 Å². The summed E-state index contributed by atoms with van der Waals surface area (Å²) in [7, 11) is 3.11. The van der Waals surface area contributed by atoms with Crippen molar-refractivity contribution in [1.29, 1.82) is 0 Å². The van der Waals surface area contributed by atoms with E-state index in [1.54, 1.807) is 14.2 Å². The minimum Gasteiger partial charge on any atom is -0.457 e. The summed E-state index contributed by atoms with van der Waals surface area (Å²) in [6.45, 7) is 1.38. The van der Waals surface area contributed by atoms with Crippen LogP contribution < -0.4 is 0 Å². The number of carbonyl (C=O) groups excluding carboxylic acids is 1. The number of rotatable bonds is 3. The molecule has 1 rings (SSSR count). The van der Waals surface area contributed by atoms with Gasteiger partial charge in [-0.05, 0) is 6.42 Å². The summed E-state index contributed by atoms with van der Waals surface area (Å²) < 4.78 is 15.3. The molecule has 1 aliphatic rings. The lowest BCUT2D eigenvalue weighted by Gasteiger charge is -2.45. The van der Waals surface area contributed by atoms with Crippen LogP contribution >= 0.6 is 0 Å². The second kappa shape index (κ2) is 3.41. The van der Waals surface area contributed by atoms with Crippen molar-refractivity contribution in [3.8, 4) is 0 Å². The molecule has 4 nitrogen and oxygen atoms in total. The first-order chi connectivity index (χ1) is 5.64. The molecule has 0 aromatic rings. The van der Waals surface area contributed by atoms with E-state index >= 15 is 0 Å². The van der Waals surface area contributed by atoms with E-state index in [-0.39, 0.29) is 12.1 Å². The minimum absolute atomic E-state index is 0.245. The highest BCUT2D eigenvalue weighted by Crippen LogP contribution is 2.38. The zero-order valence-corrected chi connectivity index (χ0v) is 7.62. The van der Waals surface area contributed by atoms with Crippen LogP contribution in [-0.2, 0) is 19.0 Å². The van der Waals surface area contributed by atoms with Gasteiger partial charge < -0.3 is 14.2 Å². The van der Waals surface area contributed by atoms with E-state index in [0.29, 0.717) is 0 Å². The summed E-state index contributed by atoms with van der Waals surface area (Å²) in [6.07, 6.45) is 1.34. The van der Waals surface area contributed by atoms with Gasteiger partial charge >= 0.3 is 5.97 Å². The van der Waals surface area contributed by atoms with Gasteiger partial charge in [-0.1, -0.05) is 0 Å². The minimum atomic E-state index is -0.689. The third-order valence-corrected chi connectivity index (χ3v) is 2.24. The van der Waals surface area contributed by atoms with Crippen molar-refractivity contribution in [3.63, 3.8) is 0 Å². The lowest BCUT2D eigenvalue weighted by molar-refractivity contribution is -0.309. The van der Waals surface area contributed by atoms with Crippen molar-refractivity contribution < 1.29 is 19.0 Å². The molecule has 0 aromatic carbocycles. The number of ether oxygens (including phenoxy) is 3. The molecular formula is C8H14O4. The fraction of sp³-hybridized carbons (Fsp3) is 0.875. The fourth-order valence-electron chi connectivity index (χ4n) is 1.40. The predicted octanol–water partition coefficient (Wildman–Crippen LogP) is 0.701. The molecule has 0 N–H and O–H groups in total. The first kappa shape index (κ1) is 9.48. The highest BCUT2D eigenvalue weighted by Gasteiger charge is 2.50. The zero-order valence-electron chi connectivity index (χ0n) is 7.62. The maximum Gasteiger partial charge on any atom is 0.303 e. The van der Waals surface area contributed by atoms with Gasteiger partial charge in [0, 0.05) is 27.6 Å². The summed E-state index contributed by atoms with van der Waals surface area (Å²) in [5.74, 6) is -0.982. The maximum absolute atomic E-state index is 10.6. The second-order valence-corrected chi connectivity index (χ2v) is 2.86. The van der Waals surface area contributed by atoms with Gasteiger partial charge in [-0.15, -0.1) is 0 Å². The Bertz CT molecular complexity index is 168. The fourth-order valence-corrected chi connectivity index (χ4v) is 1.40. The van der Waals surface area contributed by atoms with Crippen molar-refractivity contribution in [3.05, 3.63) is 0 Å². The molecule has 0 aromatic heterocycles. The normalized spacial score (nSPS) is 26.1. The van der Waals surface area contributed by atoms with E-state index in [4.69, 9.17) is 14.2 Å². The second-order valence-electron chi connectivity index (χ2n) is 2.86. The van der Waals surface area contributed by atoms with Gasteiger partial charge in [0.2, 0.25) is 5.79 Å². The molecular weight excluding hydrogens is 160 g/mol. The Hall–Kier alpha value is -0.610. The lowest BCUT2D eigenvalue weighted by atomic mass is 9.87. The van der Waals surface area contributed by atoms with Crippen LogP contribution in [-0.4, -0.2) is 32.1 Å². The predicted molar refractivity (Wildman–Crippen MR) is 41.5 cm³/mol. The van der Waals surface area contributed by atoms with Crippen LogP contribution in [0.1, 0.15) is 19.8 Å². The third-order valence-electron chi connectivity index (χ3n) is 2.24. The topological polar surface area (TPSA) is 44.8 Å². The molecule has 1 unspecified atom stereocenters. The summed E-state index contributed by atoms with van der Waals surface area (Å²) in [5, 5.41) is 0.